The molecule has 108 valence electrons. The van der Waals surface area contributed by atoms with Crippen molar-refractivity contribution in [3.8, 4) is 11.4 Å². The van der Waals surface area contributed by atoms with E-state index in [1.165, 1.54) is 11.3 Å². The van der Waals surface area contributed by atoms with Gasteiger partial charge in [0.2, 0.25) is 0 Å². The average Bonchev–Trinajstić information content (AvgIpc) is 2.85. The number of nitrogens with zero attached hydrogens (tertiary/aromatic N) is 3. The minimum absolute atomic E-state index is 0.113. The topological polar surface area (TPSA) is 75.3 Å². The summed E-state index contributed by atoms with van der Waals surface area (Å²) in [6, 6.07) is 5.83. The van der Waals surface area contributed by atoms with Crippen molar-refractivity contribution in [2.75, 3.05) is 30.3 Å². The Hall–Kier alpha value is -1.66. The second-order valence-corrected chi connectivity index (χ2v) is 5.91. The third-order valence-electron chi connectivity index (χ3n) is 2.80. The first-order chi connectivity index (χ1) is 9.60. The van der Waals surface area contributed by atoms with Crippen LogP contribution < -0.4 is 10.6 Å². The molecule has 20 heavy (non-hydrogen) atoms. The highest BCUT2D eigenvalue weighted by Crippen LogP contribution is 2.23. The fraction of sp³-hybridized carbons (Fsp3) is 0.429. The molecule has 0 fully saturated rings. The van der Waals surface area contributed by atoms with Crippen LogP contribution in [0.2, 0.25) is 0 Å². The standard InChI is InChI=1S/C14H20N4OS/c1-10(2)8-18(6-7-19)13-5-3-4-11(16-13)12-9-20-14(15)17-12/h3-5,9-10,19H,6-8H2,1-2H3,(H2,15,17). The third kappa shape index (κ3) is 3.68. The summed E-state index contributed by atoms with van der Waals surface area (Å²) in [7, 11) is 0. The van der Waals surface area contributed by atoms with E-state index in [0.717, 1.165) is 23.8 Å². The molecule has 0 radical (unpaired) electrons. The molecule has 0 saturated carbocycles. The van der Waals surface area contributed by atoms with Gasteiger partial charge in [-0.05, 0) is 18.1 Å². The molecule has 0 spiro atoms. The Kier molecular flexibility index (Phi) is 4.92. The van der Waals surface area contributed by atoms with Gasteiger partial charge in [0.05, 0.1) is 12.3 Å². The summed E-state index contributed by atoms with van der Waals surface area (Å²) < 4.78 is 0. The molecule has 0 bridgehead atoms. The summed E-state index contributed by atoms with van der Waals surface area (Å²) in [6.45, 7) is 5.84. The zero-order valence-corrected chi connectivity index (χ0v) is 12.6. The van der Waals surface area contributed by atoms with E-state index in [-0.39, 0.29) is 6.61 Å². The number of aromatic nitrogens is 2. The highest BCUT2D eigenvalue weighted by molar-refractivity contribution is 7.13. The highest BCUT2D eigenvalue weighted by atomic mass is 32.1. The van der Waals surface area contributed by atoms with Crippen molar-refractivity contribution >= 4 is 22.3 Å². The molecule has 2 rings (SSSR count). The molecule has 2 heterocycles. The Labute approximate surface area is 123 Å². The van der Waals surface area contributed by atoms with Crippen LogP contribution in [0.15, 0.2) is 23.6 Å². The summed E-state index contributed by atoms with van der Waals surface area (Å²) >= 11 is 1.41. The van der Waals surface area contributed by atoms with Crippen molar-refractivity contribution in [1.29, 1.82) is 0 Å². The van der Waals surface area contributed by atoms with Crippen molar-refractivity contribution in [2.45, 2.75) is 13.8 Å². The van der Waals surface area contributed by atoms with E-state index in [4.69, 9.17) is 5.73 Å². The Bertz CT molecular complexity index is 556. The van der Waals surface area contributed by atoms with Gasteiger partial charge in [0.25, 0.3) is 0 Å². The fourth-order valence-corrected chi connectivity index (χ4v) is 2.57. The predicted molar refractivity (Wildman–Crippen MR) is 83.9 cm³/mol. The van der Waals surface area contributed by atoms with Gasteiger partial charge >= 0.3 is 0 Å². The molecule has 0 atom stereocenters. The summed E-state index contributed by atoms with van der Waals surface area (Å²) in [6.07, 6.45) is 0. The number of aliphatic hydroxyl groups is 1. The number of hydrogen-bond acceptors (Lipinski definition) is 6. The van der Waals surface area contributed by atoms with Crippen LogP contribution in [-0.4, -0.2) is 34.8 Å². The molecule has 0 amide bonds. The van der Waals surface area contributed by atoms with Crippen LogP contribution in [0.4, 0.5) is 10.9 Å². The Morgan fingerprint density at radius 1 is 1.30 bits per heavy atom. The van der Waals surface area contributed by atoms with E-state index >= 15 is 0 Å². The molecule has 0 aliphatic carbocycles. The second kappa shape index (κ2) is 6.67. The van der Waals surface area contributed by atoms with Crippen LogP contribution in [0.25, 0.3) is 11.4 Å². The number of anilines is 2. The third-order valence-corrected chi connectivity index (χ3v) is 3.47. The molecule has 0 saturated heterocycles. The highest BCUT2D eigenvalue weighted by Gasteiger charge is 2.11. The molecule has 0 aliphatic rings. The van der Waals surface area contributed by atoms with Crippen molar-refractivity contribution in [3.05, 3.63) is 23.6 Å². The zero-order valence-electron chi connectivity index (χ0n) is 11.8. The lowest BCUT2D eigenvalue weighted by molar-refractivity contribution is 0.300. The fourth-order valence-electron chi connectivity index (χ4n) is 2.01. The van der Waals surface area contributed by atoms with E-state index in [2.05, 4.69) is 28.7 Å². The van der Waals surface area contributed by atoms with Crippen molar-refractivity contribution in [2.24, 2.45) is 5.92 Å². The zero-order chi connectivity index (χ0) is 14.5. The van der Waals surface area contributed by atoms with Crippen LogP contribution in [0.3, 0.4) is 0 Å². The Morgan fingerprint density at radius 2 is 2.10 bits per heavy atom. The number of nitrogen functional groups attached to an aromatic ring is 1. The first-order valence-electron chi connectivity index (χ1n) is 6.64. The molecule has 0 aliphatic heterocycles. The minimum atomic E-state index is 0.113. The Balaban J connectivity index is 2.27. The maximum absolute atomic E-state index is 9.20. The van der Waals surface area contributed by atoms with Crippen LogP contribution in [-0.2, 0) is 0 Å². The van der Waals surface area contributed by atoms with E-state index in [0.29, 0.717) is 17.6 Å². The summed E-state index contributed by atoms with van der Waals surface area (Å²) in [5.74, 6) is 1.36. The SMILES string of the molecule is CC(C)CN(CCO)c1cccc(-c2csc(N)n2)n1. The lowest BCUT2D eigenvalue weighted by Crippen LogP contribution is -2.31. The summed E-state index contributed by atoms with van der Waals surface area (Å²) in [5, 5.41) is 11.7. The van der Waals surface area contributed by atoms with Crippen LogP contribution >= 0.6 is 11.3 Å². The molecular formula is C14H20N4OS. The lowest BCUT2D eigenvalue weighted by atomic mass is 10.2. The molecule has 6 heteroatoms. The molecule has 0 aromatic carbocycles. The van der Waals surface area contributed by atoms with E-state index < -0.39 is 0 Å². The second-order valence-electron chi connectivity index (χ2n) is 5.02. The van der Waals surface area contributed by atoms with Gasteiger partial charge in [-0.2, -0.15) is 0 Å². The molecule has 5 nitrogen and oxygen atoms in total. The maximum atomic E-state index is 9.20. The average molecular weight is 292 g/mol. The normalized spacial score (nSPS) is 11.0. The number of pyridine rings is 1. The summed E-state index contributed by atoms with van der Waals surface area (Å²) in [5.41, 5.74) is 7.27. The number of nitrogens with two attached hydrogens (primary N) is 1. The van der Waals surface area contributed by atoms with Crippen LogP contribution in [0, 0.1) is 5.92 Å². The largest absolute Gasteiger partial charge is 0.395 e. The van der Waals surface area contributed by atoms with Gasteiger partial charge in [0.1, 0.15) is 11.5 Å². The van der Waals surface area contributed by atoms with Gasteiger partial charge < -0.3 is 15.7 Å². The lowest BCUT2D eigenvalue weighted by Gasteiger charge is -2.25. The van der Waals surface area contributed by atoms with Gasteiger partial charge in [0, 0.05) is 18.5 Å². The first-order valence-corrected chi connectivity index (χ1v) is 7.52. The number of thiazole rings is 1. The predicted octanol–water partition coefficient (Wildman–Crippen LogP) is 2.24. The maximum Gasteiger partial charge on any atom is 0.180 e. The van der Waals surface area contributed by atoms with E-state index in [1.807, 2.05) is 23.6 Å². The summed E-state index contributed by atoms with van der Waals surface area (Å²) in [4.78, 5) is 11.0. The van der Waals surface area contributed by atoms with Crippen LogP contribution in [0.5, 0.6) is 0 Å². The molecular weight excluding hydrogens is 272 g/mol. The van der Waals surface area contributed by atoms with Gasteiger partial charge in [0.15, 0.2) is 5.13 Å². The van der Waals surface area contributed by atoms with Crippen LogP contribution in [0.1, 0.15) is 13.8 Å². The van der Waals surface area contributed by atoms with E-state index in [9.17, 15) is 5.11 Å². The minimum Gasteiger partial charge on any atom is -0.395 e. The number of aliphatic hydroxyl groups excluding tert-OH is 1. The quantitative estimate of drug-likeness (QED) is 0.854. The molecule has 0 unspecified atom stereocenters. The monoisotopic (exact) mass is 292 g/mol. The number of rotatable bonds is 6. The molecule has 2 aromatic rings. The first kappa shape index (κ1) is 14.7. The van der Waals surface area contributed by atoms with Gasteiger partial charge in [-0.15, -0.1) is 11.3 Å². The van der Waals surface area contributed by atoms with Gasteiger partial charge in [-0.1, -0.05) is 19.9 Å². The van der Waals surface area contributed by atoms with Crippen molar-refractivity contribution in [3.63, 3.8) is 0 Å². The number of hydrogen-bond donors (Lipinski definition) is 2. The molecule has 2 aromatic heterocycles. The van der Waals surface area contributed by atoms with Crippen molar-refractivity contribution < 1.29 is 5.11 Å². The van der Waals surface area contributed by atoms with E-state index in [1.54, 1.807) is 0 Å². The van der Waals surface area contributed by atoms with Gasteiger partial charge in [-0.25, -0.2) is 9.97 Å². The Morgan fingerprint density at radius 3 is 2.70 bits per heavy atom. The smallest absolute Gasteiger partial charge is 0.180 e. The molecule has 3 N–H and O–H groups in total. The van der Waals surface area contributed by atoms with Crippen molar-refractivity contribution in [1.82, 2.24) is 9.97 Å². The van der Waals surface area contributed by atoms with Gasteiger partial charge in [-0.3, -0.25) is 0 Å².